The van der Waals surface area contributed by atoms with Crippen LogP contribution in [0.25, 0.3) is 11.0 Å². The third kappa shape index (κ3) is 1.08. The Morgan fingerprint density at radius 2 is 2.36 bits per heavy atom. The van der Waals surface area contributed by atoms with E-state index in [0.717, 1.165) is 0 Å². The Labute approximate surface area is 78.9 Å². The first kappa shape index (κ1) is 8.49. The SMILES string of the molecule is Cc1nc2[nH]cc([N+](=O)[O-])c2cc1N. The van der Waals surface area contributed by atoms with Gasteiger partial charge in [-0.25, -0.2) is 4.98 Å². The van der Waals surface area contributed by atoms with Gasteiger partial charge >= 0.3 is 0 Å². The van der Waals surface area contributed by atoms with Gasteiger partial charge in [0.25, 0.3) is 5.69 Å². The van der Waals surface area contributed by atoms with E-state index in [-0.39, 0.29) is 5.69 Å². The van der Waals surface area contributed by atoms with E-state index in [2.05, 4.69) is 9.97 Å². The third-order valence-electron chi connectivity index (χ3n) is 2.07. The second-order valence-corrected chi connectivity index (χ2v) is 2.99. The van der Waals surface area contributed by atoms with Crippen molar-refractivity contribution in [2.45, 2.75) is 6.92 Å². The zero-order chi connectivity index (χ0) is 10.3. The summed E-state index contributed by atoms with van der Waals surface area (Å²) in [4.78, 5) is 16.9. The molecule has 0 saturated heterocycles. The molecule has 0 atom stereocenters. The molecule has 0 amide bonds. The Bertz CT molecular complexity index is 517. The number of aromatic nitrogens is 2. The summed E-state index contributed by atoms with van der Waals surface area (Å²) in [6, 6.07) is 1.56. The highest BCUT2D eigenvalue weighted by atomic mass is 16.6. The van der Waals surface area contributed by atoms with Crippen LogP contribution in [-0.4, -0.2) is 14.9 Å². The van der Waals surface area contributed by atoms with Crippen LogP contribution < -0.4 is 5.73 Å². The van der Waals surface area contributed by atoms with Crippen LogP contribution in [-0.2, 0) is 0 Å². The summed E-state index contributed by atoms with van der Waals surface area (Å²) in [5, 5.41) is 11.0. The maximum Gasteiger partial charge on any atom is 0.296 e. The van der Waals surface area contributed by atoms with E-state index in [4.69, 9.17) is 5.73 Å². The first-order chi connectivity index (χ1) is 6.59. The van der Waals surface area contributed by atoms with Crippen LogP contribution in [0.15, 0.2) is 12.3 Å². The van der Waals surface area contributed by atoms with Crippen LogP contribution in [0.5, 0.6) is 0 Å². The van der Waals surface area contributed by atoms with Gasteiger partial charge in [-0.05, 0) is 13.0 Å². The normalized spacial score (nSPS) is 10.6. The van der Waals surface area contributed by atoms with Crippen LogP contribution >= 0.6 is 0 Å². The van der Waals surface area contributed by atoms with E-state index in [1.807, 2.05) is 0 Å². The van der Waals surface area contributed by atoms with Crippen LogP contribution in [0.2, 0.25) is 0 Å². The van der Waals surface area contributed by atoms with Crippen molar-refractivity contribution in [1.82, 2.24) is 9.97 Å². The number of nitrogens with two attached hydrogens (primary N) is 1. The quantitative estimate of drug-likeness (QED) is 0.526. The fraction of sp³-hybridized carbons (Fsp3) is 0.125. The van der Waals surface area contributed by atoms with Gasteiger partial charge in [0, 0.05) is 0 Å². The Kier molecular flexibility index (Phi) is 1.63. The van der Waals surface area contributed by atoms with Gasteiger partial charge in [0.1, 0.15) is 5.65 Å². The van der Waals surface area contributed by atoms with Crippen LogP contribution in [0, 0.1) is 17.0 Å². The lowest BCUT2D eigenvalue weighted by Gasteiger charge is -1.97. The molecule has 0 bridgehead atoms. The number of H-pyrrole nitrogens is 1. The predicted molar refractivity (Wildman–Crippen MR) is 51.9 cm³/mol. The highest BCUT2D eigenvalue weighted by Crippen LogP contribution is 2.26. The first-order valence-corrected chi connectivity index (χ1v) is 3.98. The van der Waals surface area contributed by atoms with Gasteiger partial charge in [-0.2, -0.15) is 0 Å². The van der Waals surface area contributed by atoms with Gasteiger partial charge in [-0.15, -0.1) is 0 Å². The number of fused-ring (bicyclic) bond motifs is 1. The molecule has 6 nitrogen and oxygen atoms in total. The lowest BCUT2D eigenvalue weighted by Crippen LogP contribution is -1.93. The third-order valence-corrected chi connectivity index (χ3v) is 2.07. The van der Waals surface area contributed by atoms with Crippen molar-refractivity contribution in [3.8, 4) is 0 Å². The molecule has 0 spiro atoms. The molecular formula is C8H8N4O2. The maximum atomic E-state index is 10.6. The monoisotopic (exact) mass is 192 g/mol. The molecule has 6 heteroatoms. The van der Waals surface area contributed by atoms with Crippen molar-refractivity contribution in [2.75, 3.05) is 5.73 Å². The van der Waals surface area contributed by atoms with E-state index in [9.17, 15) is 10.1 Å². The number of rotatable bonds is 1. The molecular weight excluding hydrogens is 184 g/mol. The van der Waals surface area contributed by atoms with Gasteiger partial charge in [-0.3, -0.25) is 10.1 Å². The van der Waals surface area contributed by atoms with E-state index >= 15 is 0 Å². The molecule has 2 heterocycles. The number of aryl methyl sites for hydroxylation is 1. The molecule has 0 aliphatic heterocycles. The Balaban J connectivity index is 2.80. The number of pyridine rings is 1. The molecule has 14 heavy (non-hydrogen) atoms. The van der Waals surface area contributed by atoms with Gasteiger partial charge in [0.05, 0.1) is 27.9 Å². The van der Waals surface area contributed by atoms with Crippen LogP contribution in [0.3, 0.4) is 0 Å². The molecule has 0 unspecified atom stereocenters. The zero-order valence-electron chi connectivity index (χ0n) is 7.44. The number of nitrogens with one attached hydrogen (secondary N) is 1. The standard InChI is InChI=1S/C8H8N4O2/c1-4-6(9)2-5-7(12(13)14)3-10-8(5)11-4/h2-3H,9H2,1H3,(H,10,11). The molecule has 0 fully saturated rings. The van der Waals surface area contributed by atoms with Crippen LogP contribution in [0.4, 0.5) is 11.4 Å². The summed E-state index contributed by atoms with van der Waals surface area (Å²) < 4.78 is 0. The fourth-order valence-electron chi connectivity index (χ4n) is 1.29. The second kappa shape index (κ2) is 2.69. The number of hydrogen-bond acceptors (Lipinski definition) is 4. The molecule has 2 rings (SSSR count). The summed E-state index contributed by atoms with van der Waals surface area (Å²) in [5.74, 6) is 0. The second-order valence-electron chi connectivity index (χ2n) is 2.99. The largest absolute Gasteiger partial charge is 0.397 e. The number of nitrogen functional groups attached to an aromatic ring is 1. The van der Waals surface area contributed by atoms with E-state index in [1.54, 1.807) is 13.0 Å². The van der Waals surface area contributed by atoms with E-state index < -0.39 is 4.92 Å². The Morgan fingerprint density at radius 3 is 3.00 bits per heavy atom. The van der Waals surface area contributed by atoms with Gasteiger partial charge in [0.2, 0.25) is 0 Å². The molecule has 0 aliphatic carbocycles. The molecule has 2 aromatic heterocycles. The number of nitrogens with zero attached hydrogens (tertiary/aromatic N) is 2. The van der Waals surface area contributed by atoms with Crippen molar-refractivity contribution in [2.24, 2.45) is 0 Å². The lowest BCUT2D eigenvalue weighted by atomic mass is 10.2. The topological polar surface area (TPSA) is 97.8 Å². The molecule has 0 radical (unpaired) electrons. The summed E-state index contributed by atoms with van der Waals surface area (Å²) in [6.45, 7) is 1.75. The van der Waals surface area contributed by atoms with E-state index in [1.165, 1.54) is 6.20 Å². The highest BCUT2D eigenvalue weighted by Gasteiger charge is 2.15. The highest BCUT2D eigenvalue weighted by molar-refractivity contribution is 5.88. The molecule has 3 N–H and O–H groups in total. The van der Waals surface area contributed by atoms with E-state index in [0.29, 0.717) is 22.4 Å². The minimum Gasteiger partial charge on any atom is -0.397 e. The Morgan fingerprint density at radius 1 is 1.64 bits per heavy atom. The fourth-order valence-corrected chi connectivity index (χ4v) is 1.29. The number of hydrogen-bond donors (Lipinski definition) is 2. The average Bonchev–Trinajstić information content (AvgIpc) is 2.48. The smallest absolute Gasteiger partial charge is 0.296 e. The minimum absolute atomic E-state index is 0.000741. The minimum atomic E-state index is -0.463. The van der Waals surface area contributed by atoms with Crippen LogP contribution in [0.1, 0.15) is 5.69 Å². The summed E-state index contributed by atoms with van der Waals surface area (Å²) in [5.41, 5.74) is 7.22. The number of aromatic amines is 1. The van der Waals surface area contributed by atoms with Gasteiger partial charge < -0.3 is 10.7 Å². The maximum absolute atomic E-state index is 10.6. The molecule has 0 saturated carbocycles. The zero-order valence-corrected chi connectivity index (χ0v) is 7.44. The van der Waals surface area contributed by atoms with Crippen molar-refractivity contribution in [1.29, 1.82) is 0 Å². The number of anilines is 1. The average molecular weight is 192 g/mol. The first-order valence-electron chi connectivity index (χ1n) is 3.98. The van der Waals surface area contributed by atoms with Gasteiger partial charge in [-0.1, -0.05) is 0 Å². The summed E-state index contributed by atoms with van der Waals surface area (Å²) >= 11 is 0. The molecule has 0 aliphatic rings. The summed E-state index contributed by atoms with van der Waals surface area (Å²) in [7, 11) is 0. The number of nitro groups is 1. The van der Waals surface area contributed by atoms with Crippen molar-refractivity contribution in [3.05, 3.63) is 28.1 Å². The predicted octanol–water partition coefficient (Wildman–Crippen LogP) is 1.36. The van der Waals surface area contributed by atoms with Crippen molar-refractivity contribution >= 4 is 22.4 Å². The molecule has 72 valence electrons. The molecule has 0 aromatic carbocycles. The van der Waals surface area contributed by atoms with Crippen molar-refractivity contribution < 1.29 is 4.92 Å². The molecule has 2 aromatic rings. The lowest BCUT2D eigenvalue weighted by molar-refractivity contribution is -0.383. The Hall–Kier alpha value is -2.11. The summed E-state index contributed by atoms with van der Waals surface area (Å²) in [6.07, 6.45) is 1.32. The van der Waals surface area contributed by atoms with Gasteiger partial charge in [0.15, 0.2) is 0 Å². The van der Waals surface area contributed by atoms with Crippen molar-refractivity contribution in [3.63, 3.8) is 0 Å².